The van der Waals surface area contributed by atoms with Crippen LogP contribution in [0.1, 0.15) is 36.9 Å². The van der Waals surface area contributed by atoms with Crippen molar-refractivity contribution in [1.29, 1.82) is 0 Å². The molecule has 1 aromatic carbocycles. The van der Waals surface area contributed by atoms with Crippen LogP contribution in [0.4, 0.5) is 17.6 Å². The van der Waals surface area contributed by atoms with E-state index in [4.69, 9.17) is 5.73 Å². The molecule has 6 heteroatoms. The summed E-state index contributed by atoms with van der Waals surface area (Å²) in [5, 5.41) is 0. The predicted octanol–water partition coefficient (Wildman–Crippen LogP) is 4.07. The quantitative estimate of drug-likeness (QED) is 0.824. The van der Waals surface area contributed by atoms with Gasteiger partial charge < -0.3 is 5.73 Å². The standard InChI is InChI=1S/C11H13F4N.ClH/c1-2-3-10(16)7-4-5-8(9(12)6-7)11(13,14)15;/h4-6,10H,2-3,16H2,1H3;1H/t10-;/m1./s1. The van der Waals surface area contributed by atoms with Crippen molar-refractivity contribution in [2.75, 3.05) is 0 Å². The molecule has 0 radical (unpaired) electrons. The summed E-state index contributed by atoms with van der Waals surface area (Å²) in [6, 6.07) is 2.41. The maximum atomic E-state index is 13.2. The number of hydrogen-bond acceptors (Lipinski definition) is 1. The van der Waals surface area contributed by atoms with E-state index in [-0.39, 0.29) is 12.4 Å². The Kier molecular flexibility index (Phi) is 5.92. The molecule has 0 heterocycles. The fraction of sp³-hybridized carbons (Fsp3) is 0.455. The Labute approximate surface area is 103 Å². The van der Waals surface area contributed by atoms with Crippen LogP contribution >= 0.6 is 12.4 Å². The lowest BCUT2D eigenvalue weighted by atomic mass is 10.0. The van der Waals surface area contributed by atoms with Crippen LogP contribution in [-0.2, 0) is 6.18 Å². The van der Waals surface area contributed by atoms with E-state index < -0.39 is 23.6 Å². The molecule has 0 fully saturated rings. The Balaban J connectivity index is 0.00000256. The van der Waals surface area contributed by atoms with Gasteiger partial charge in [-0.15, -0.1) is 12.4 Å². The zero-order chi connectivity index (χ0) is 12.3. The van der Waals surface area contributed by atoms with Crippen molar-refractivity contribution in [3.8, 4) is 0 Å². The summed E-state index contributed by atoms with van der Waals surface area (Å²) in [5.41, 5.74) is 4.83. The van der Waals surface area contributed by atoms with Crippen LogP contribution in [0.2, 0.25) is 0 Å². The Hall–Kier alpha value is -0.810. The van der Waals surface area contributed by atoms with Crippen LogP contribution in [0.3, 0.4) is 0 Å². The molecule has 1 rings (SSSR count). The SMILES string of the molecule is CCC[C@@H](N)c1ccc(C(F)(F)F)c(F)c1.Cl. The van der Waals surface area contributed by atoms with E-state index in [1.807, 2.05) is 6.92 Å². The Morgan fingerprint density at radius 3 is 2.29 bits per heavy atom. The molecule has 0 aliphatic rings. The highest BCUT2D eigenvalue weighted by molar-refractivity contribution is 5.85. The maximum absolute atomic E-state index is 13.2. The maximum Gasteiger partial charge on any atom is 0.419 e. The normalized spacial score (nSPS) is 13.1. The first-order valence-electron chi connectivity index (χ1n) is 4.98. The average molecular weight is 272 g/mol. The molecule has 0 spiro atoms. The molecule has 2 N–H and O–H groups in total. The average Bonchev–Trinajstić information content (AvgIpc) is 2.16. The van der Waals surface area contributed by atoms with Gasteiger partial charge in [0.1, 0.15) is 5.82 Å². The third-order valence-corrected chi connectivity index (χ3v) is 2.33. The summed E-state index contributed by atoms with van der Waals surface area (Å²) in [5.74, 6) is -1.27. The first kappa shape index (κ1) is 16.2. The molecule has 0 aliphatic carbocycles. The second-order valence-corrected chi connectivity index (χ2v) is 3.63. The molecular formula is C11H14ClF4N. The molecule has 1 nitrogen and oxygen atoms in total. The highest BCUT2D eigenvalue weighted by Gasteiger charge is 2.34. The molecule has 0 unspecified atom stereocenters. The molecule has 17 heavy (non-hydrogen) atoms. The van der Waals surface area contributed by atoms with E-state index in [0.29, 0.717) is 12.0 Å². The first-order valence-corrected chi connectivity index (χ1v) is 4.98. The van der Waals surface area contributed by atoms with Gasteiger partial charge in [-0.1, -0.05) is 19.4 Å². The molecule has 1 aromatic rings. The van der Waals surface area contributed by atoms with E-state index in [2.05, 4.69) is 0 Å². The molecule has 1 atom stereocenters. The van der Waals surface area contributed by atoms with Crippen LogP contribution in [-0.4, -0.2) is 0 Å². The summed E-state index contributed by atoms with van der Waals surface area (Å²) in [6.45, 7) is 1.90. The van der Waals surface area contributed by atoms with Crippen LogP contribution < -0.4 is 5.73 Å². The molecule has 0 aliphatic heterocycles. The van der Waals surface area contributed by atoms with Crippen LogP contribution in [0.5, 0.6) is 0 Å². The highest BCUT2D eigenvalue weighted by atomic mass is 35.5. The Morgan fingerprint density at radius 1 is 1.29 bits per heavy atom. The van der Waals surface area contributed by atoms with Gasteiger partial charge in [-0.05, 0) is 24.1 Å². The van der Waals surface area contributed by atoms with Gasteiger partial charge in [-0.25, -0.2) is 4.39 Å². The lowest BCUT2D eigenvalue weighted by molar-refractivity contribution is -0.140. The van der Waals surface area contributed by atoms with Gasteiger partial charge in [0.15, 0.2) is 0 Å². The minimum absolute atomic E-state index is 0. The lowest BCUT2D eigenvalue weighted by Crippen LogP contribution is -2.13. The zero-order valence-corrected chi connectivity index (χ0v) is 10.0. The van der Waals surface area contributed by atoms with E-state index in [9.17, 15) is 17.6 Å². The van der Waals surface area contributed by atoms with Gasteiger partial charge in [0.25, 0.3) is 0 Å². The number of hydrogen-bond donors (Lipinski definition) is 1. The number of rotatable bonds is 3. The summed E-state index contributed by atoms with van der Waals surface area (Å²) < 4.78 is 49.9. The Bertz CT molecular complexity index is 365. The number of benzene rings is 1. The molecule has 0 saturated carbocycles. The van der Waals surface area contributed by atoms with E-state index >= 15 is 0 Å². The smallest absolute Gasteiger partial charge is 0.324 e. The van der Waals surface area contributed by atoms with Crippen molar-refractivity contribution in [2.45, 2.75) is 32.0 Å². The fourth-order valence-electron chi connectivity index (χ4n) is 1.47. The fourth-order valence-corrected chi connectivity index (χ4v) is 1.47. The number of halogens is 5. The summed E-state index contributed by atoms with van der Waals surface area (Å²) in [4.78, 5) is 0. The van der Waals surface area contributed by atoms with E-state index in [1.165, 1.54) is 6.07 Å². The lowest BCUT2D eigenvalue weighted by Gasteiger charge is -2.13. The van der Waals surface area contributed by atoms with Gasteiger partial charge >= 0.3 is 6.18 Å². The minimum Gasteiger partial charge on any atom is -0.324 e. The zero-order valence-electron chi connectivity index (χ0n) is 9.22. The van der Waals surface area contributed by atoms with Gasteiger partial charge in [0.05, 0.1) is 5.56 Å². The van der Waals surface area contributed by atoms with Gasteiger partial charge in [0.2, 0.25) is 0 Å². The first-order chi connectivity index (χ1) is 7.36. The Morgan fingerprint density at radius 2 is 1.88 bits per heavy atom. The third-order valence-electron chi connectivity index (χ3n) is 2.33. The van der Waals surface area contributed by atoms with Crippen LogP contribution in [0.25, 0.3) is 0 Å². The van der Waals surface area contributed by atoms with Gasteiger partial charge in [0, 0.05) is 6.04 Å². The van der Waals surface area contributed by atoms with Crippen molar-refractivity contribution >= 4 is 12.4 Å². The van der Waals surface area contributed by atoms with E-state index in [0.717, 1.165) is 18.6 Å². The molecule has 0 saturated heterocycles. The predicted molar refractivity (Wildman–Crippen MR) is 60.5 cm³/mol. The summed E-state index contributed by atoms with van der Waals surface area (Å²) in [7, 11) is 0. The van der Waals surface area contributed by atoms with Gasteiger partial charge in [-0.3, -0.25) is 0 Å². The van der Waals surface area contributed by atoms with Crippen LogP contribution in [0.15, 0.2) is 18.2 Å². The summed E-state index contributed by atoms with van der Waals surface area (Å²) in [6.07, 6.45) is -3.24. The van der Waals surface area contributed by atoms with Crippen molar-refractivity contribution in [2.24, 2.45) is 5.73 Å². The number of alkyl halides is 3. The molecule has 0 amide bonds. The van der Waals surface area contributed by atoms with Crippen LogP contribution in [0, 0.1) is 5.82 Å². The molecule has 0 bridgehead atoms. The van der Waals surface area contributed by atoms with Crippen molar-refractivity contribution in [1.82, 2.24) is 0 Å². The summed E-state index contributed by atoms with van der Waals surface area (Å²) >= 11 is 0. The third kappa shape index (κ3) is 4.16. The van der Waals surface area contributed by atoms with Gasteiger partial charge in [-0.2, -0.15) is 13.2 Å². The molecule has 0 aromatic heterocycles. The minimum atomic E-state index is -4.66. The van der Waals surface area contributed by atoms with Crippen molar-refractivity contribution in [3.05, 3.63) is 35.1 Å². The molecule has 98 valence electrons. The highest BCUT2D eigenvalue weighted by Crippen LogP contribution is 2.32. The molecular weight excluding hydrogens is 258 g/mol. The topological polar surface area (TPSA) is 26.0 Å². The second-order valence-electron chi connectivity index (χ2n) is 3.63. The van der Waals surface area contributed by atoms with Crippen molar-refractivity contribution in [3.63, 3.8) is 0 Å². The van der Waals surface area contributed by atoms with E-state index in [1.54, 1.807) is 0 Å². The number of nitrogens with two attached hydrogens (primary N) is 1. The van der Waals surface area contributed by atoms with Crippen molar-refractivity contribution < 1.29 is 17.6 Å². The second kappa shape index (κ2) is 6.21. The monoisotopic (exact) mass is 271 g/mol. The largest absolute Gasteiger partial charge is 0.419 e.